The van der Waals surface area contributed by atoms with E-state index in [1.54, 1.807) is 7.11 Å². The van der Waals surface area contributed by atoms with E-state index in [1.807, 2.05) is 30.3 Å². The Labute approximate surface area is 104 Å². The molecule has 1 N–H and O–H groups in total. The van der Waals surface area contributed by atoms with Gasteiger partial charge in [-0.05, 0) is 17.9 Å². The highest BCUT2D eigenvalue weighted by Crippen LogP contribution is 2.32. The molecule has 1 saturated carbocycles. The molecule has 0 saturated heterocycles. The van der Waals surface area contributed by atoms with Gasteiger partial charge in [-0.3, -0.25) is 0 Å². The van der Waals surface area contributed by atoms with E-state index < -0.39 is 0 Å². The summed E-state index contributed by atoms with van der Waals surface area (Å²) in [5, 5.41) is 10.3. The summed E-state index contributed by atoms with van der Waals surface area (Å²) >= 11 is 0. The Morgan fingerprint density at radius 2 is 1.88 bits per heavy atom. The summed E-state index contributed by atoms with van der Waals surface area (Å²) in [7, 11) is 1.68. The molecular formula is C15H22O2. The van der Waals surface area contributed by atoms with Crippen molar-refractivity contribution in [3.8, 4) is 0 Å². The van der Waals surface area contributed by atoms with Crippen molar-refractivity contribution in [2.75, 3.05) is 7.11 Å². The molecular weight excluding hydrogens is 212 g/mol. The molecule has 2 rings (SSSR count). The van der Waals surface area contributed by atoms with E-state index in [9.17, 15) is 5.11 Å². The molecule has 1 aromatic carbocycles. The van der Waals surface area contributed by atoms with Gasteiger partial charge in [0, 0.05) is 7.11 Å². The van der Waals surface area contributed by atoms with Gasteiger partial charge in [-0.1, -0.05) is 56.0 Å². The zero-order chi connectivity index (χ0) is 12.1. The maximum Gasteiger partial charge on any atom is 0.108 e. The summed E-state index contributed by atoms with van der Waals surface area (Å²) in [5.74, 6) is 0.686. The number of methoxy groups -OCH3 is 1. The molecule has 1 aromatic rings. The van der Waals surface area contributed by atoms with Gasteiger partial charge in [0.2, 0.25) is 0 Å². The Morgan fingerprint density at radius 3 is 2.47 bits per heavy atom. The summed E-state index contributed by atoms with van der Waals surface area (Å²) in [5.41, 5.74) is 1.07. The van der Waals surface area contributed by atoms with Gasteiger partial charge >= 0.3 is 0 Å². The minimum Gasteiger partial charge on any atom is -0.390 e. The zero-order valence-electron chi connectivity index (χ0n) is 10.5. The number of rotatable bonds is 5. The Hall–Kier alpha value is -0.860. The summed E-state index contributed by atoms with van der Waals surface area (Å²) in [6.07, 6.45) is 5.47. The van der Waals surface area contributed by atoms with Crippen LogP contribution in [0.25, 0.3) is 0 Å². The molecule has 2 heteroatoms. The highest BCUT2D eigenvalue weighted by Gasteiger charge is 2.25. The molecule has 0 radical (unpaired) electrons. The lowest BCUT2D eigenvalue weighted by molar-refractivity contribution is -0.0244. The molecule has 0 amide bonds. The molecule has 2 atom stereocenters. The monoisotopic (exact) mass is 234 g/mol. The van der Waals surface area contributed by atoms with Crippen molar-refractivity contribution in [2.24, 2.45) is 5.92 Å². The van der Waals surface area contributed by atoms with Crippen molar-refractivity contribution in [3.05, 3.63) is 35.9 Å². The van der Waals surface area contributed by atoms with Crippen molar-refractivity contribution in [3.63, 3.8) is 0 Å². The van der Waals surface area contributed by atoms with Crippen LogP contribution in [-0.2, 0) is 4.74 Å². The molecule has 0 spiro atoms. The highest BCUT2D eigenvalue weighted by molar-refractivity contribution is 5.18. The molecule has 2 nitrogen and oxygen atoms in total. The maximum atomic E-state index is 10.3. The number of hydrogen-bond acceptors (Lipinski definition) is 2. The molecule has 1 fully saturated rings. The molecule has 0 heterocycles. The van der Waals surface area contributed by atoms with Crippen LogP contribution in [-0.4, -0.2) is 18.3 Å². The van der Waals surface area contributed by atoms with Crippen LogP contribution in [0.2, 0.25) is 0 Å². The first-order valence-corrected chi connectivity index (χ1v) is 6.57. The van der Waals surface area contributed by atoms with Crippen LogP contribution in [0.3, 0.4) is 0 Å². The van der Waals surface area contributed by atoms with E-state index in [0.29, 0.717) is 5.92 Å². The summed E-state index contributed by atoms with van der Waals surface area (Å²) < 4.78 is 5.46. The topological polar surface area (TPSA) is 29.5 Å². The van der Waals surface area contributed by atoms with Crippen molar-refractivity contribution in [1.82, 2.24) is 0 Å². The van der Waals surface area contributed by atoms with Crippen molar-refractivity contribution in [1.29, 1.82) is 0 Å². The predicted octanol–water partition coefficient (Wildman–Crippen LogP) is 3.32. The van der Waals surface area contributed by atoms with Crippen LogP contribution < -0.4 is 0 Å². The average Bonchev–Trinajstić information content (AvgIpc) is 2.84. The summed E-state index contributed by atoms with van der Waals surface area (Å²) in [6.45, 7) is 0. The van der Waals surface area contributed by atoms with Gasteiger partial charge in [-0.2, -0.15) is 0 Å². The third-order valence-corrected chi connectivity index (χ3v) is 3.78. The number of aliphatic hydroxyl groups is 1. The van der Waals surface area contributed by atoms with Crippen LogP contribution in [0.1, 0.15) is 43.8 Å². The van der Waals surface area contributed by atoms with Crippen LogP contribution in [0, 0.1) is 5.92 Å². The molecule has 1 aliphatic carbocycles. The maximum absolute atomic E-state index is 10.3. The molecule has 0 aromatic heterocycles. The minimum atomic E-state index is -0.384. The van der Waals surface area contributed by atoms with E-state index in [4.69, 9.17) is 4.74 Å². The van der Waals surface area contributed by atoms with Crippen LogP contribution in [0.15, 0.2) is 30.3 Å². The molecule has 2 unspecified atom stereocenters. The first-order chi connectivity index (χ1) is 8.31. The van der Waals surface area contributed by atoms with E-state index >= 15 is 0 Å². The lowest BCUT2D eigenvalue weighted by Crippen LogP contribution is -2.22. The fraction of sp³-hybridized carbons (Fsp3) is 0.600. The van der Waals surface area contributed by atoms with Crippen molar-refractivity contribution in [2.45, 2.75) is 44.3 Å². The van der Waals surface area contributed by atoms with Gasteiger partial charge in [0.15, 0.2) is 0 Å². The van der Waals surface area contributed by atoms with E-state index in [1.165, 1.54) is 25.7 Å². The molecule has 1 aliphatic rings. The standard InChI is InChI=1S/C15H22O2/c1-17-15(13-9-3-2-4-10-13)14(16)11-12-7-5-6-8-12/h2-4,9-10,12,14-16H,5-8,11H2,1H3. The second kappa shape index (κ2) is 6.18. The zero-order valence-corrected chi connectivity index (χ0v) is 10.5. The number of aliphatic hydroxyl groups excluding tert-OH is 1. The quantitative estimate of drug-likeness (QED) is 0.847. The first kappa shape index (κ1) is 12.6. The predicted molar refractivity (Wildman–Crippen MR) is 68.8 cm³/mol. The van der Waals surface area contributed by atoms with Crippen molar-refractivity contribution < 1.29 is 9.84 Å². The van der Waals surface area contributed by atoms with Crippen LogP contribution >= 0.6 is 0 Å². The number of ether oxygens (including phenoxy) is 1. The second-order valence-electron chi connectivity index (χ2n) is 5.02. The smallest absolute Gasteiger partial charge is 0.108 e. The molecule has 17 heavy (non-hydrogen) atoms. The minimum absolute atomic E-state index is 0.184. The van der Waals surface area contributed by atoms with Gasteiger partial charge in [0.25, 0.3) is 0 Å². The van der Waals surface area contributed by atoms with Gasteiger partial charge < -0.3 is 9.84 Å². The van der Waals surface area contributed by atoms with Crippen molar-refractivity contribution >= 4 is 0 Å². The fourth-order valence-electron chi connectivity index (χ4n) is 2.87. The van der Waals surface area contributed by atoms with Gasteiger partial charge in [-0.25, -0.2) is 0 Å². The third kappa shape index (κ3) is 3.30. The average molecular weight is 234 g/mol. The lowest BCUT2D eigenvalue weighted by atomic mass is 9.94. The largest absolute Gasteiger partial charge is 0.390 e. The third-order valence-electron chi connectivity index (χ3n) is 3.78. The molecule has 0 bridgehead atoms. The Kier molecular flexibility index (Phi) is 4.57. The normalized spacial score (nSPS) is 20.4. The first-order valence-electron chi connectivity index (χ1n) is 6.57. The second-order valence-corrected chi connectivity index (χ2v) is 5.02. The van der Waals surface area contributed by atoms with E-state index in [2.05, 4.69) is 0 Å². The Balaban J connectivity index is 1.97. The van der Waals surface area contributed by atoms with E-state index in [0.717, 1.165) is 12.0 Å². The summed E-state index contributed by atoms with van der Waals surface area (Å²) in [6, 6.07) is 10.0. The fourth-order valence-corrected chi connectivity index (χ4v) is 2.87. The Morgan fingerprint density at radius 1 is 1.24 bits per heavy atom. The van der Waals surface area contributed by atoms with Gasteiger partial charge in [0.1, 0.15) is 6.10 Å². The lowest BCUT2D eigenvalue weighted by Gasteiger charge is -2.24. The van der Waals surface area contributed by atoms with Crippen LogP contribution in [0.4, 0.5) is 0 Å². The Bertz CT molecular complexity index is 317. The van der Waals surface area contributed by atoms with E-state index in [-0.39, 0.29) is 12.2 Å². The highest BCUT2D eigenvalue weighted by atomic mass is 16.5. The molecule has 0 aliphatic heterocycles. The van der Waals surface area contributed by atoms with Gasteiger partial charge in [0.05, 0.1) is 6.10 Å². The number of benzene rings is 1. The molecule has 94 valence electrons. The van der Waals surface area contributed by atoms with Gasteiger partial charge in [-0.15, -0.1) is 0 Å². The summed E-state index contributed by atoms with van der Waals surface area (Å²) in [4.78, 5) is 0. The van der Waals surface area contributed by atoms with Crippen LogP contribution in [0.5, 0.6) is 0 Å². The number of hydrogen-bond donors (Lipinski definition) is 1. The SMILES string of the molecule is COC(c1ccccc1)C(O)CC1CCCC1.